The second kappa shape index (κ2) is 7.46. The van der Waals surface area contributed by atoms with Crippen LogP contribution in [0, 0.1) is 0 Å². The van der Waals surface area contributed by atoms with Gasteiger partial charge in [0.15, 0.2) is 0 Å². The molecule has 0 bridgehead atoms. The van der Waals surface area contributed by atoms with Crippen molar-refractivity contribution in [2.45, 2.75) is 32.6 Å². The molecule has 3 aromatic carbocycles. The summed E-state index contributed by atoms with van der Waals surface area (Å²) in [6.07, 6.45) is 1.80. The third-order valence-corrected chi connectivity index (χ3v) is 5.86. The molecule has 0 saturated heterocycles. The number of nitrogens with zero attached hydrogens (tertiary/aromatic N) is 1. The van der Waals surface area contributed by atoms with Crippen LogP contribution in [-0.2, 0) is 0 Å². The second-order valence-corrected chi connectivity index (χ2v) is 8.08. The molecule has 0 amide bonds. The number of hydrogen-bond donors (Lipinski definition) is 0. The van der Waals surface area contributed by atoms with Gasteiger partial charge >= 0.3 is 0 Å². The number of aromatic nitrogens is 1. The van der Waals surface area contributed by atoms with Crippen molar-refractivity contribution >= 4 is 21.9 Å². The van der Waals surface area contributed by atoms with Gasteiger partial charge in [0.25, 0.3) is 0 Å². The summed E-state index contributed by atoms with van der Waals surface area (Å²) in [5, 5.41) is 2.29. The number of para-hydroxylation sites is 1. The van der Waals surface area contributed by atoms with Gasteiger partial charge in [-0.1, -0.05) is 75.4 Å². The third-order valence-electron chi connectivity index (χ3n) is 5.86. The van der Waals surface area contributed by atoms with E-state index in [2.05, 4.69) is 43.1 Å². The first-order valence-electron chi connectivity index (χ1n) is 10.9. The Morgan fingerprint density at radius 1 is 0.833 bits per heavy atom. The van der Waals surface area contributed by atoms with Crippen molar-refractivity contribution in [3.63, 3.8) is 0 Å². The van der Waals surface area contributed by atoms with Crippen LogP contribution in [0.3, 0.4) is 0 Å². The molecule has 5 rings (SSSR count). The highest BCUT2D eigenvalue weighted by Gasteiger charge is 2.18. The van der Waals surface area contributed by atoms with Crippen LogP contribution in [0.2, 0.25) is 0 Å². The molecule has 1 atom stereocenters. The van der Waals surface area contributed by atoms with Gasteiger partial charge in [0.2, 0.25) is 0 Å². The molecule has 0 N–H and O–H groups in total. The highest BCUT2D eigenvalue weighted by atomic mass is 16.3. The molecular formula is C28H25NO. The lowest BCUT2D eigenvalue weighted by Crippen LogP contribution is -1.97. The van der Waals surface area contributed by atoms with Gasteiger partial charge in [-0.05, 0) is 46.9 Å². The smallest absolute Gasteiger partial charge is 0.145 e. The normalized spacial score (nSPS) is 14.2. The molecule has 30 heavy (non-hydrogen) atoms. The minimum atomic E-state index is -0.871. The quantitative estimate of drug-likeness (QED) is 0.310. The van der Waals surface area contributed by atoms with Gasteiger partial charge in [-0.15, -0.1) is 0 Å². The number of furan rings is 1. The maximum atomic E-state index is 9.06. The average Bonchev–Trinajstić information content (AvgIpc) is 3.18. The fourth-order valence-corrected chi connectivity index (χ4v) is 4.20. The van der Waals surface area contributed by atoms with E-state index in [0.29, 0.717) is 5.92 Å². The van der Waals surface area contributed by atoms with Gasteiger partial charge in [-0.25, -0.2) is 0 Å². The van der Waals surface area contributed by atoms with Gasteiger partial charge in [-0.2, -0.15) is 0 Å². The molecular weight excluding hydrogens is 366 g/mol. The molecule has 0 aliphatic carbocycles. The van der Waals surface area contributed by atoms with Crippen molar-refractivity contribution in [1.82, 2.24) is 4.98 Å². The lowest BCUT2D eigenvalue weighted by atomic mass is 9.91. The SMILES string of the molecule is [2H]C(C)(c1ccccc1)c1ccnc(-c2ccc(C(C)C)c3c2oc2ccccc23)c1. The summed E-state index contributed by atoms with van der Waals surface area (Å²) < 4.78 is 15.4. The van der Waals surface area contributed by atoms with Crippen LogP contribution >= 0.6 is 0 Å². The minimum Gasteiger partial charge on any atom is -0.455 e. The van der Waals surface area contributed by atoms with Gasteiger partial charge < -0.3 is 4.42 Å². The standard InChI is InChI=1S/C28H25NO/c1-18(2)22-13-14-23(28-27(22)24-11-7-8-12-26(24)30-28)25-17-21(15-16-29-25)19(3)20-9-5-4-6-10-20/h4-19H,1-3H3/i19D. The average molecular weight is 393 g/mol. The van der Waals surface area contributed by atoms with Crippen molar-refractivity contribution in [3.8, 4) is 11.3 Å². The molecule has 2 aromatic heterocycles. The van der Waals surface area contributed by atoms with E-state index in [1.165, 1.54) is 5.56 Å². The number of benzene rings is 3. The molecule has 2 heteroatoms. The van der Waals surface area contributed by atoms with E-state index in [1.807, 2.05) is 61.5 Å². The highest BCUT2D eigenvalue weighted by Crippen LogP contribution is 2.40. The van der Waals surface area contributed by atoms with Crippen LogP contribution in [0.15, 0.2) is 89.5 Å². The molecule has 0 aliphatic heterocycles. The Balaban J connectivity index is 1.73. The Labute approximate surface area is 178 Å². The molecule has 2 heterocycles. The monoisotopic (exact) mass is 392 g/mol. The summed E-state index contributed by atoms with van der Waals surface area (Å²) >= 11 is 0. The van der Waals surface area contributed by atoms with Crippen LogP contribution in [0.4, 0.5) is 0 Å². The van der Waals surface area contributed by atoms with Crippen LogP contribution < -0.4 is 0 Å². The first-order valence-corrected chi connectivity index (χ1v) is 10.4. The van der Waals surface area contributed by atoms with Gasteiger partial charge in [0.05, 0.1) is 5.69 Å². The predicted octanol–water partition coefficient (Wildman–Crippen LogP) is 7.92. The predicted molar refractivity (Wildman–Crippen MR) is 125 cm³/mol. The second-order valence-electron chi connectivity index (χ2n) is 8.08. The van der Waals surface area contributed by atoms with Crippen LogP contribution in [0.1, 0.15) is 50.6 Å². The number of pyridine rings is 1. The lowest BCUT2D eigenvalue weighted by molar-refractivity contribution is 0.669. The molecule has 0 saturated carbocycles. The summed E-state index contributed by atoms with van der Waals surface area (Å²) in [4.78, 5) is 4.67. The summed E-state index contributed by atoms with van der Waals surface area (Å²) in [5.41, 5.74) is 6.67. The van der Waals surface area contributed by atoms with E-state index in [9.17, 15) is 0 Å². The summed E-state index contributed by atoms with van der Waals surface area (Å²) in [6.45, 7) is 6.35. The molecule has 5 aromatic rings. The number of hydrogen-bond acceptors (Lipinski definition) is 2. The molecule has 0 spiro atoms. The third kappa shape index (κ3) is 3.09. The molecule has 1 unspecified atom stereocenters. The van der Waals surface area contributed by atoms with Gasteiger partial charge in [-0.3, -0.25) is 4.98 Å². The fraction of sp³-hybridized carbons (Fsp3) is 0.179. The zero-order valence-corrected chi connectivity index (χ0v) is 17.5. The zero-order chi connectivity index (χ0) is 21.6. The van der Waals surface area contributed by atoms with Crippen LogP contribution in [0.25, 0.3) is 33.2 Å². The van der Waals surface area contributed by atoms with Crippen molar-refractivity contribution < 1.29 is 5.79 Å². The van der Waals surface area contributed by atoms with Gasteiger partial charge in [0.1, 0.15) is 11.2 Å². The summed E-state index contributed by atoms with van der Waals surface area (Å²) in [6, 6.07) is 26.4. The van der Waals surface area contributed by atoms with E-state index >= 15 is 0 Å². The molecule has 2 nitrogen and oxygen atoms in total. The Hall–Kier alpha value is -3.39. The Morgan fingerprint density at radius 3 is 2.40 bits per heavy atom. The summed E-state index contributed by atoms with van der Waals surface area (Å²) in [7, 11) is 0. The topological polar surface area (TPSA) is 26.0 Å². The zero-order valence-electron chi connectivity index (χ0n) is 18.5. The van der Waals surface area contributed by atoms with E-state index < -0.39 is 5.89 Å². The summed E-state index contributed by atoms with van der Waals surface area (Å²) in [5.74, 6) is -0.490. The molecule has 0 aliphatic rings. The van der Waals surface area contributed by atoms with E-state index in [1.54, 1.807) is 6.20 Å². The first-order chi connectivity index (χ1) is 15.0. The van der Waals surface area contributed by atoms with Crippen molar-refractivity contribution in [1.29, 1.82) is 0 Å². The van der Waals surface area contributed by atoms with E-state index in [4.69, 9.17) is 5.79 Å². The fourth-order valence-electron chi connectivity index (χ4n) is 4.20. The highest BCUT2D eigenvalue weighted by molar-refractivity contribution is 6.11. The Bertz CT molecular complexity index is 1380. The molecule has 0 fully saturated rings. The lowest BCUT2D eigenvalue weighted by Gasteiger charge is -2.14. The van der Waals surface area contributed by atoms with Crippen molar-refractivity contribution in [2.75, 3.05) is 0 Å². The van der Waals surface area contributed by atoms with Crippen molar-refractivity contribution in [2.24, 2.45) is 0 Å². The Morgan fingerprint density at radius 2 is 1.60 bits per heavy atom. The minimum absolute atomic E-state index is 0.381. The van der Waals surface area contributed by atoms with Gasteiger partial charge in [0, 0.05) is 29.8 Å². The van der Waals surface area contributed by atoms with Crippen LogP contribution in [0.5, 0.6) is 0 Å². The molecule has 148 valence electrons. The van der Waals surface area contributed by atoms with Crippen molar-refractivity contribution in [3.05, 3.63) is 102 Å². The molecule has 0 radical (unpaired) electrons. The maximum Gasteiger partial charge on any atom is 0.145 e. The van der Waals surface area contributed by atoms with E-state index in [-0.39, 0.29) is 0 Å². The van der Waals surface area contributed by atoms with E-state index in [0.717, 1.165) is 44.3 Å². The largest absolute Gasteiger partial charge is 0.455 e. The maximum absolute atomic E-state index is 9.06. The number of fused-ring (bicyclic) bond motifs is 3. The van der Waals surface area contributed by atoms with Crippen LogP contribution in [-0.4, -0.2) is 4.98 Å². The number of rotatable bonds is 4. The Kier molecular flexibility index (Phi) is 4.34. The first kappa shape index (κ1) is 17.5.